The van der Waals surface area contributed by atoms with Crippen molar-refractivity contribution in [3.05, 3.63) is 0 Å². The Morgan fingerprint density at radius 3 is 1.50 bits per heavy atom. The molecule has 0 aromatic rings. The molecule has 1 N–H and O–H groups in total. The van der Waals surface area contributed by atoms with E-state index in [9.17, 15) is 4.57 Å². The van der Waals surface area contributed by atoms with E-state index < -0.39 is 8.25 Å². The normalized spacial score (nSPS) is 12.6. The van der Waals surface area contributed by atoms with Crippen LogP contribution in [0, 0.1) is 0 Å². The average Bonchev–Trinajstić information content (AvgIpc) is 2.56. The molecule has 0 heterocycles. The minimum atomic E-state index is -2.76. The molecule has 0 fully saturated rings. The number of unbranched alkanes of at least 4 members (excludes halogenated alkanes) is 13. The lowest BCUT2D eigenvalue weighted by atomic mass is 10.0. The smallest absolute Gasteiger partial charge is 0.316 e. The van der Waals surface area contributed by atoms with Crippen LogP contribution in [0.1, 0.15) is 103 Å². The quantitative estimate of drug-likeness (QED) is 0.204. The Kier molecular flexibility index (Phi) is 21.3. The van der Waals surface area contributed by atoms with E-state index in [-0.39, 0.29) is 0 Å². The van der Waals surface area contributed by atoms with E-state index >= 15 is 0 Å². The third-order valence-corrected chi connectivity index (χ3v) is 4.75. The highest BCUT2D eigenvalue weighted by atomic mass is 31.1. The van der Waals surface area contributed by atoms with E-state index in [1.54, 1.807) is 0 Å². The summed E-state index contributed by atoms with van der Waals surface area (Å²) in [5, 5.41) is 0. The number of rotatable bonds is 20. The second-order valence-corrected chi connectivity index (χ2v) is 7.50. The molecule has 24 heavy (non-hydrogen) atoms. The molecule has 0 aliphatic heterocycles. The van der Waals surface area contributed by atoms with Crippen molar-refractivity contribution in [2.45, 2.75) is 103 Å². The Morgan fingerprint density at radius 2 is 1.04 bits per heavy atom. The molecule has 0 aliphatic rings. The summed E-state index contributed by atoms with van der Waals surface area (Å²) in [7, 11) is -2.76. The Hall–Kier alpha value is 0.110. The van der Waals surface area contributed by atoms with Gasteiger partial charge < -0.3 is 14.2 Å². The second kappa shape index (κ2) is 21.2. The minimum absolute atomic E-state index is 0.313. The third-order valence-electron chi connectivity index (χ3n) is 4.30. The summed E-state index contributed by atoms with van der Waals surface area (Å²) in [5.74, 6) is 0. The molecule has 5 heteroatoms. The van der Waals surface area contributed by atoms with Crippen LogP contribution in [0.4, 0.5) is 0 Å². The summed E-state index contributed by atoms with van der Waals surface area (Å²) in [5.41, 5.74) is 0. The molecule has 0 rings (SSSR count). The molecule has 0 aromatic carbocycles. The molecule has 146 valence electrons. The van der Waals surface area contributed by atoms with Crippen molar-refractivity contribution < 1.29 is 18.7 Å². The van der Waals surface area contributed by atoms with Crippen LogP contribution in [0.5, 0.6) is 0 Å². The highest BCUT2D eigenvalue weighted by molar-refractivity contribution is 7.32. The van der Waals surface area contributed by atoms with Gasteiger partial charge in [0.25, 0.3) is 0 Å². The highest BCUT2D eigenvalue weighted by Crippen LogP contribution is 2.14. The zero-order chi connectivity index (χ0) is 17.7. The van der Waals surface area contributed by atoms with Crippen LogP contribution in [-0.2, 0) is 13.8 Å². The fourth-order valence-electron chi connectivity index (χ4n) is 2.82. The van der Waals surface area contributed by atoms with Crippen LogP contribution in [0.25, 0.3) is 0 Å². The summed E-state index contributed by atoms with van der Waals surface area (Å²) >= 11 is 0. The topological polar surface area (TPSA) is 55.8 Å². The summed E-state index contributed by atoms with van der Waals surface area (Å²) in [4.78, 5) is 8.48. The van der Waals surface area contributed by atoms with Crippen LogP contribution in [0.2, 0.25) is 0 Å². The Bertz CT molecular complexity index is 262. The van der Waals surface area contributed by atoms with Crippen molar-refractivity contribution in [1.29, 1.82) is 0 Å². The van der Waals surface area contributed by atoms with Crippen molar-refractivity contribution in [2.75, 3.05) is 19.8 Å². The molecule has 1 unspecified atom stereocenters. The average molecular weight is 365 g/mol. The van der Waals surface area contributed by atoms with Gasteiger partial charge >= 0.3 is 8.25 Å². The standard InChI is InChI=1S/C19H41O4P/c1-2-3-4-5-6-7-8-9-10-11-12-13-14-15-17-22-18-16-19-23-24(20)21/h24H,2-19H2,1H3,(H,20,21). The van der Waals surface area contributed by atoms with Crippen LogP contribution in [0.15, 0.2) is 0 Å². The van der Waals surface area contributed by atoms with Crippen LogP contribution >= 0.6 is 8.25 Å². The van der Waals surface area contributed by atoms with Gasteiger partial charge in [-0.3, -0.25) is 4.57 Å². The first kappa shape index (κ1) is 24.1. The predicted molar refractivity (Wildman–Crippen MR) is 103 cm³/mol. The molecule has 0 bridgehead atoms. The lowest BCUT2D eigenvalue weighted by Gasteiger charge is -2.05. The first-order chi connectivity index (χ1) is 11.8. The molecule has 0 aromatic heterocycles. The molecular weight excluding hydrogens is 323 g/mol. The van der Waals surface area contributed by atoms with Gasteiger partial charge in [0.2, 0.25) is 0 Å². The third kappa shape index (κ3) is 22.1. The van der Waals surface area contributed by atoms with Crippen molar-refractivity contribution in [2.24, 2.45) is 0 Å². The van der Waals surface area contributed by atoms with E-state index in [0.717, 1.165) is 13.0 Å². The Labute approximate surface area is 150 Å². The molecule has 1 atom stereocenters. The minimum Gasteiger partial charge on any atom is -0.381 e. The number of hydrogen-bond acceptors (Lipinski definition) is 3. The van der Waals surface area contributed by atoms with Gasteiger partial charge in [-0.1, -0.05) is 90.4 Å². The number of hydrogen-bond donors (Lipinski definition) is 1. The lowest BCUT2D eigenvalue weighted by molar-refractivity contribution is 0.115. The van der Waals surface area contributed by atoms with Crippen molar-refractivity contribution in [1.82, 2.24) is 0 Å². The predicted octanol–water partition coefficient (Wildman–Crippen LogP) is 6.27. The van der Waals surface area contributed by atoms with E-state index in [1.807, 2.05) is 0 Å². The summed E-state index contributed by atoms with van der Waals surface area (Å²) in [6, 6.07) is 0. The fraction of sp³-hybridized carbons (Fsp3) is 1.00. The van der Waals surface area contributed by atoms with Gasteiger partial charge in [0, 0.05) is 13.2 Å². The lowest BCUT2D eigenvalue weighted by Crippen LogP contribution is -2.00. The van der Waals surface area contributed by atoms with E-state index in [2.05, 4.69) is 11.4 Å². The molecular formula is C19H41O4P. The van der Waals surface area contributed by atoms with Crippen LogP contribution < -0.4 is 0 Å². The molecule has 0 radical (unpaired) electrons. The highest BCUT2D eigenvalue weighted by Gasteiger charge is 1.95. The van der Waals surface area contributed by atoms with Crippen molar-refractivity contribution >= 4 is 8.25 Å². The summed E-state index contributed by atoms with van der Waals surface area (Å²) in [6.07, 6.45) is 19.8. The SMILES string of the molecule is CCCCCCCCCCCCCCCCOCCCO[PH](=O)O. The summed E-state index contributed by atoms with van der Waals surface area (Å²) in [6.45, 7) is 4.00. The zero-order valence-corrected chi connectivity index (χ0v) is 16.9. The van der Waals surface area contributed by atoms with Crippen LogP contribution in [0.3, 0.4) is 0 Å². The van der Waals surface area contributed by atoms with Gasteiger partial charge in [0.15, 0.2) is 0 Å². The molecule has 0 spiro atoms. The Balaban J connectivity index is 2.97. The van der Waals surface area contributed by atoms with E-state index in [1.165, 1.54) is 83.5 Å². The first-order valence-corrected chi connectivity index (χ1v) is 11.5. The van der Waals surface area contributed by atoms with Gasteiger partial charge in [-0.25, -0.2) is 0 Å². The molecule has 0 saturated heterocycles. The van der Waals surface area contributed by atoms with Gasteiger partial charge in [-0.15, -0.1) is 0 Å². The maximum absolute atomic E-state index is 10.3. The van der Waals surface area contributed by atoms with Gasteiger partial charge in [-0.2, -0.15) is 0 Å². The van der Waals surface area contributed by atoms with Gasteiger partial charge in [-0.05, 0) is 12.8 Å². The monoisotopic (exact) mass is 364 g/mol. The first-order valence-electron chi connectivity index (χ1n) is 10.2. The summed E-state index contributed by atoms with van der Waals surface area (Å²) < 4.78 is 20.4. The largest absolute Gasteiger partial charge is 0.381 e. The molecule has 0 amide bonds. The van der Waals surface area contributed by atoms with E-state index in [0.29, 0.717) is 19.6 Å². The Morgan fingerprint density at radius 1 is 0.625 bits per heavy atom. The van der Waals surface area contributed by atoms with Crippen molar-refractivity contribution in [3.8, 4) is 0 Å². The molecule has 4 nitrogen and oxygen atoms in total. The molecule has 0 saturated carbocycles. The second-order valence-electron chi connectivity index (χ2n) is 6.68. The van der Waals surface area contributed by atoms with Gasteiger partial charge in [0.1, 0.15) is 0 Å². The van der Waals surface area contributed by atoms with E-state index in [4.69, 9.17) is 9.63 Å². The van der Waals surface area contributed by atoms with Crippen LogP contribution in [-0.4, -0.2) is 24.7 Å². The van der Waals surface area contributed by atoms with Gasteiger partial charge in [0.05, 0.1) is 6.61 Å². The van der Waals surface area contributed by atoms with Crippen molar-refractivity contribution in [3.63, 3.8) is 0 Å². The fourth-order valence-corrected chi connectivity index (χ4v) is 3.14. The maximum Gasteiger partial charge on any atom is 0.316 e. The number of ether oxygens (including phenoxy) is 1. The molecule has 0 aliphatic carbocycles. The maximum atomic E-state index is 10.3. The zero-order valence-electron chi connectivity index (χ0n) is 15.9.